The molecule has 0 unspecified atom stereocenters. The summed E-state index contributed by atoms with van der Waals surface area (Å²) in [7, 11) is -3.70. The van der Waals surface area contributed by atoms with E-state index in [2.05, 4.69) is 5.32 Å². The normalized spacial score (nSPS) is 19.0. The van der Waals surface area contributed by atoms with Crippen LogP contribution >= 0.6 is 0 Å². The Balaban J connectivity index is 2.10. The Morgan fingerprint density at radius 3 is 2.42 bits per heavy atom. The van der Waals surface area contributed by atoms with E-state index in [-0.39, 0.29) is 5.69 Å². The first-order chi connectivity index (χ1) is 11.9. The van der Waals surface area contributed by atoms with Crippen molar-refractivity contribution in [3.8, 4) is 0 Å². The van der Waals surface area contributed by atoms with Gasteiger partial charge in [0.2, 0.25) is 0 Å². The van der Waals surface area contributed by atoms with Crippen LogP contribution in [0.3, 0.4) is 0 Å². The quantitative estimate of drug-likeness (QED) is 0.805. The molecular weight excluding hydrogens is 371 g/mol. The second-order valence-corrected chi connectivity index (χ2v) is 9.15. The van der Waals surface area contributed by atoms with Gasteiger partial charge in [-0.25, -0.2) is 8.42 Å². The Bertz CT molecular complexity index is 754. The van der Waals surface area contributed by atoms with Gasteiger partial charge in [-0.2, -0.15) is 13.2 Å². The van der Waals surface area contributed by atoms with E-state index in [1.807, 2.05) is 0 Å². The Morgan fingerprint density at radius 1 is 1.23 bits per heavy atom. The molecule has 2 N–H and O–H groups in total. The summed E-state index contributed by atoms with van der Waals surface area (Å²) >= 11 is 0. The van der Waals surface area contributed by atoms with Crippen LogP contribution in [0.25, 0.3) is 0 Å². The fourth-order valence-corrected chi connectivity index (χ4v) is 5.24. The van der Waals surface area contributed by atoms with E-state index < -0.39 is 44.1 Å². The Hall–Kier alpha value is -1.61. The molecule has 0 aliphatic heterocycles. The SMILES string of the molecule is C[C@@](O)(CS(=O)(=O)C1CCCCC1)C(=O)Nc1cccc(C(F)(F)F)c1. The zero-order valence-electron chi connectivity index (χ0n) is 14.3. The number of halogens is 3. The number of aliphatic hydroxyl groups is 1. The third-order valence-electron chi connectivity index (χ3n) is 4.48. The number of rotatable bonds is 5. The highest BCUT2D eigenvalue weighted by molar-refractivity contribution is 7.92. The van der Waals surface area contributed by atoms with Gasteiger partial charge in [0.1, 0.15) is 0 Å². The molecule has 26 heavy (non-hydrogen) atoms. The van der Waals surface area contributed by atoms with Gasteiger partial charge in [0, 0.05) is 5.69 Å². The predicted octanol–water partition coefficient (Wildman–Crippen LogP) is 3.14. The second-order valence-electron chi connectivity index (χ2n) is 6.87. The molecule has 1 atom stereocenters. The van der Waals surface area contributed by atoms with E-state index in [1.165, 1.54) is 6.07 Å². The molecule has 0 aromatic heterocycles. The largest absolute Gasteiger partial charge is 0.416 e. The highest BCUT2D eigenvalue weighted by Crippen LogP contribution is 2.31. The summed E-state index contributed by atoms with van der Waals surface area (Å²) in [5, 5.41) is 11.9. The number of alkyl halides is 3. The number of anilines is 1. The maximum atomic E-state index is 12.7. The van der Waals surface area contributed by atoms with Gasteiger partial charge in [-0.15, -0.1) is 0 Å². The summed E-state index contributed by atoms with van der Waals surface area (Å²) in [5.41, 5.74) is -3.37. The summed E-state index contributed by atoms with van der Waals surface area (Å²) in [5.74, 6) is -1.83. The van der Waals surface area contributed by atoms with Crippen LogP contribution in [0.2, 0.25) is 0 Å². The lowest BCUT2D eigenvalue weighted by Gasteiger charge is -2.27. The number of nitrogens with one attached hydrogen (secondary N) is 1. The van der Waals surface area contributed by atoms with Crippen LogP contribution in [0.15, 0.2) is 24.3 Å². The summed E-state index contributed by atoms with van der Waals surface area (Å²) < 4.78 is 63.1. The van der Waals surface area contributed by atoms with Crippen molar-refractivity contribution in [1.29, 1.82) is 0 Å². The van der Waals surface area contributed by atoms with E-state index >= 15 is 0 Å². The third-order valence-corrected chi connectivity index (χ3v) is 6.93. The van der Waals surface area contributed by atoms with Crippen molar-refractivity contribution < 1.29 is 31.5 Å². The van der Waals surface area contributed by atoms with Crippen molar-refractivity contribution in [2.75, 3.05) is 11.1 Å². The van der Waals surface area contributed by atoms with Crippen molar-refractivity contribution in [3.63, 3.8) is 0 Å². The summed E-state index contributed by atoms with van der Waals surface area (Å²) in [4.78, 5) is 12.2. The number of carbonyl (C=O) groups is 1. The first-order valence-corrected chi connectivity index (χ1v) is 10.1. The summed E-state index contributed by atoms with van der Waals surface area (Å²) in [6.45, 7) is 1.05. The van der Waals surface area contributed by atoms with Crippen molar-refractivity contribution in [3.05, 3.63) is 29.8 Å². The molecule has 0 saturated heterocycles. The van der Waals surface area contributed by atoms with Gasteiger partial charge in [0.05, 0.1) is 16.6 Å². The van der Waals surface area contributed by atoms with E-state index in [1.54, 1.807) is 0 Å². The number of hydrogen-bond acceptors (Lipinski definition) is 4. The molecular formula is C17H22F3NO4S. The minimum absolute atomic E-state index is 0.167. The molecule has 1 fully saturated rings. The minimum Gasteiger partial charge on any atom is -0.379 e. The molecule has 0 bridgehead atoms. The molecule has 1 aliphatic carbocycles. The van der Waals surface area contributed by atoms with Crippen molar-refractivity contribution in [2.45, 2.75) is 56.1 Å². The maximum absolute atomic E-state index is 12.7. The first-order valence-electron chi connectivity index (χ1n) is 8.34. The smallest absolute Gasteiger partial charge is 0.379 e. The van der Waals surface area contributed by atoms with Crippen LogP contribution in [-0.2, 0) is 20.8 Å². The van der Waals surface area contributed by atoms with Gasteiger partial charge in [0.15, 0.2) is 15.4 Å². The van der Waals surface area contributed by atoms with Crippen molar-refractivity contribution in [2.24, 2.45) is 0 Å². The minimum atomic E-state index is -4.58. The topological polar surface area (TPSA) is 83.5 Å². The highest BCUT2D eigenvalue weighted by atomic mass is 32.2. The molecule has 1 aromatic carbocycles. The molecule has 1 amide bonds. The Morgan fingerprint density at radius 2 is 1.85 bits per heavy atom. The second kappa shape index (κ2) is 7.56. The van der Waals surface area contributed by atoms with E-state index in [4.69, 9.17) is 0 Å². The number of benzene rings is 1. The monoisotopic (exact) mass is 393 g/mol. The number of carbonyl (C=O) groups excluding carboxylic acids is 1. The van der Waals surface area contributed by atoms with Crippen LogP contribution < -0.4 is 5.32 Å². The first kappa shape index (κ1) is 20.7. The summed E-state index contributed by atoms with van der Waals surface area (Å²) in [6, 6.07) is 3.93. The lowest BCUT2D eigenvalue weighted by Crippen LogP contribution is -2.48. The molecule has 146 valence electrons. The van der Waals surface area contributed by atoms with Gasteiger partial charge < -0.3 is 10.4 Å². The Kier molecular flexibility index (Phi) is 6.02. The van der Waals surface area contributed by atoms with Crippen LogP contribution in [0.4, 0.5) is 18.9 Å². The van der Waals surface area contributed by atoms with Gasteiger partial charge in [-0.3, -0.25) is 4.79 Å². The van der Waals surface area contributed by atoms with Crippen molar-refractivity contribution in [1.82, 2.24) is 0 Å². The van der Waals surface area contributed by atoms with Gasteiger partial charge in [0.25, 0.3) is 5.91 Å². The van der Waals surface area contributed by atoms with Crippen LogP contribution in [0.5, 0.6) is 0 Å². The van der Waals surface area contributed by atoms with E-state index in [0.717, 1.165) is 44.4 Å². The molecule has 1 saturated carbocycles. The number of hydrogen-bond donors (Lipinski definition) is 2. The van der Waals surface area contributed by atoms with E-state index in [0.29, 0.717) is 12.8 Å². The third kappa shape index (κ3) is 5.20. The fraction of sp³-hybridized carbons (Fsp3) is 0.588. The molecule has 1 aromatic rings. The molecule has 2 rings (SSSR count). The predicted molar refractivity (Wildman–Crippen MR) is 91.4 cm³/mol. The van der Waals surface area contributed by atoms with Gasteiger partial charge in [-0.1, -0.05) is 25.3 Å². The lowest BCUT2D eigenvalue weighted by atomic mass is 10.0. The summed E-state index contributed by atoms with van der Waals surface area (Å²) in [6.07, 6.45) is -1.07. The van der Waals surface area contributed by atoms with Crippen LogP contribution in [0.1, 0.15) is 44.6 Å². The van der Waals surface area contributed by atoms with Gasteiger partial charge >= 0.3 is 6.18 Å². The Labute approximate surface area is 150 Å². The number of amides is 1. The fourth-order valence-electron chi connectivity index (χ4n) is 3.04. The molecule has 0 heterocycles. The van der Waals surface area contributed by atoms with Crippen LogP contribution in [-0.4, -0.2) is 36.0 Å². The van der Waals surface area contributed by atoms with Crippen LogP contribution in [0, 0.1) is 0 Å². The average molecular weight is 393 g/mol. The molecule has 9 heteroatoms. The zero-order chi connectivity index (χ0) is 19.6. The molecule has 1 aliphatic rings. The highest BCUT2D eigenvalue weighted by Gasteiger charge is 2.40. The molecule has 5 nitrogen and oxygen atoms in total. The van der Waals surface area contributed by atoms with Crippen molar-refractivity contribution >= 4 is 21.4 Å². The van der Waals surface area contributed by atoms with Gasteiger partial charge in [-0.05, 0) is 38.0 Å². The zero-order valence-corrected chi connectivity index (χ0v) is 15.2. The molecule has 0 spiro atoms. The molecule has 0 radical (unpaired) electrons. The van der Waals surface area contributed by atoms with E-state index in [9.17, 15) is 31.5 Å². The number of sulfone groups is 1. The average Bonchev–Trinajstić information content (AvgIpc) is 2.54. The maximum Gasteiger partial charge on any atom is 0.416 e. The standard InChI is InChI=1S/C17H22F3NO4S/c1-16(23,11-26(24,25)14-8-3-2-4-9-14)15(22)21-13-7-5-6-12(10-13)17(18,19)20/h5-7,10,14,23H,2-4,8-9,11H2,1H3,(H,21,22)/t16-/m1/s1. The lowest BCUT2D eigenvalue weighted by molar-refractivity contribution is -0.137.